The molecule has 0 bridgehead atoms. The van der Waals surface area contributed by atoms with Gasteiger partial charge in [-0.3, -0.25) is 14.5 Å². The minimum absolute atomic E-state index is 0.0677. The number of likely N-dealkylation sites (tertiary alicyclic amines) is 1. The van der Waals surface area contributed by atoms with E-state index >= 15 is 0 Å². The van der Waals surface area contributed by atoms with E-state index in [4.69, 9.17) is 16.3 Å². The van der Waals surface area contributed by atoms with Crippen LogP contribution in [0.3, 0.4) is 0 Å². The van der Waals surface area contributed by atoms with Crippen molar-refractivity contribution in [3.05, 3.63) is 41.3 Å². The fourth-order valence-corrected chi connectivity index (χ4v) is 3.84. The SMILES string of the molecule is CC1CCN(C(=O)CN2C(=O)COc3cc(-c4cc(F)cc(Cl)c4)cnc32)CC1. The number of fused-ring (bicyclic) bond motifs is 1. The van der Waals surface area contributed by atoms with Crippen LogP contribution in [-0.4, -0.2) is 47.9 Å². The van der Waals surface area contributed by atoms with Gasteiger partial charge in [0.2, 0.25) is 5.91 Å². The number of rotatable bonds is 3. The zero-order valence-electron chi connectivity index (χ0n) is 16.0. The highest BCUT2D eigenvalue weighted by Gasteiger charge is 2.31. The molecule has 0 N–H and O–H groups in total. The lowest BCUT2D eigenvalue weighted by molar-refractivity contribution is -0.133. The molecule has 4 rings (SSSR count). The fraction of sp³-hybridized carbons (Fsp3) is 0.381. The Morgan fingerprint density at radius 2 is 2.00 bits per heavy atom. The summed E-state index contributed by atoms with van der Waals surface area (Å²) in [6.07, 6.45) is 3.46. The van der Waals surface area contributed by atoms with Crippen LogP contribution < -0.4 is 9.64 Å². The summed E-state index contributed by atoms with van der Waals surface area (Å²) in [6.45, 7) is 3.35. The van der Waals surface area contributed by atoms with Crippen molar-refractivity contribution >= 4 is 29.2 Å². The second-order valence-electron chi connectivity index (χ2n) is 7.54. The van der Waals surface area contributed by atoms with Crippen LogP contribution in [0.4, 0.5) is 10.2 Å². The van der Waals surface area contributed by atoms with Crippen LogP contribution in [0.15, 0.2) is 30.5 Å². The average molecular weight is 418 g/mol. The first-order valence-corrected chi connectivity index (χ1v) is 9.96. The van der Waals surface area contributed by atoms with Crippen molar-refractivity contribution in [3.8, 4) is 16.9 Å². The van der Waals surface area contributed by atoms with E-state index in [0.717, 1.165) is 12.8 Å². The number of anilines is 1. The van der Waals surface area contributed by atoms with Gasteiger partial charge in [-0.2, -0.15) is 0 Å². The number of piperidine rings is 1. The maximum Gasteiger partial charge on any atom is 0.266 e. The number of nitrogens with zero attached hydrogens (tertiary/aromatic N) is 3. The molecule has 0 unspecified atom stereocenters. The molecule has 0 saturated carbocycles. The molecule has 152 valence electrons. The second kappa shape index (κ2) is 7.99. The lowest BCUT2D eigenvalue weighted by Gasteiger charge is -2.33. The van der Waals surface area contributed by atoms with Crippen LogP contribution >= 0.6 is 11.6 Å². The highest BCUT2D eigenvalue weighted by atomic mass is 35.5. The molecule has 3 heterocycles. The molecule has 2 aliphatic heterocycles. The maximum atomic E-state index is 13.7. The number of hydrogen-bond donors (Lipinski definition) is 0. The van der Waals surface area contributed by atoms with Gasteiger partial charge in [-0.25, -0.2) is 9.37 Å². The molecule has 0 radical (unpaired) electrons. The van der Waals surface area contributed by atoms with E-state index in [-0.39, 0.29) is 30.0 Å². The molecule has 2 amide bonds. The summed E-state index contributed by atoms with van der Waals surface area (Å²) < 4.78 is 19.2. The summed E-state index contributed by atoms with van der Waals surface area (Å²) in [5.74, 6) is 0.422. The lowest BCUT2D eigenvalue weighted by atomic mass is 9.99. The Hall–Kier alpha value is -2.67. The van der Waals surface area contributed by atoms with Gasteiger partial charge >= 0.3 is 0 Å². The summed E-state index contributed by atoms with van der Waals surface area (Å²) >= 11 is 5.94. The first-order chi connectivity index (χ1) is 13.9. The number of halogens is 2. The molecular weight excluding hydrogens is 397 g/mol. The third-order valence-electron chi connectivity index (χ3n) is 5.37. The lowest BCUT2D eigenvalue weighted by Crippen LogP contribution is -2.48. The molecule has 2 aromatic rings. The summed E-state index contributed by atoms with van der Waals surface area (Å²) in [5, 5.41) is 0.275. The Bertz CT molecular complexity index is 940. The van der Waals surface area contributed by atoms with E-state index in [0.29, 0.717) is 41.7 Å². The van der Waals surface area contributed by atoms with Crippen molar-refractivity contribution in [2.24, 2.45) is 5.92 Å². The van der Waals surface area contributed by atoms with Gasteiger partial charge in [0.15, 0.2) is 18.2 Å². The molecule has 1 fully saturated rings. The minimum Gasteiger partial charge on any atom is -0.480 e. The molecule has 2 aliphatic rings. The van der Waals surface area contributed by atoms with Crippen molar-refractivity contribution in [1.82, 2.24) is 9.88 Å². The molecule has 0 atom stereocenters. The fourth-order valence-electron chi connectivity index (χ4n) is 3.62. The molecule has 6 nitrogen and oxygen atoms in total. The number of amides is 2. The molecule has 1 aromatic heterocycles. The van der Waals surface area contributed by atoms with Crippen molar-refractivity contribution in [3.63, 3.8) is 0 Å². The van der Waals surface area contributed by atoms with E-state index in [2.05, 4.69) is 11.9 Å². The van der Waals surface area contributed by atoms with Gasteiger partial charge in [-0.05, 0) is 48.6 Å². The van der Waals surface area contributed by atoms with Gasteiger partial charge in [0.25, 0.3) is 5.91 Å². The van der Waals surface area contributed by atoms with Crippen LogP contribution in [0.2, 0.25) is 5.02 Å². The van der Waals surface area contributed by atoms with Gasteiger partial charge in [-0.1, -0.05) is 18.5 Å². The van der Waals surface area contributed by atoms with Crippen LogP contribution in [0, 0.1) is 11.7 Å². The van der Waals surface area contributed by atoms with E-state index in [9.17, 15) is 14.0 Å². The normalized spacial score (nSPS) is 17.1. The summed E-state index contributed by atoms with van der Waals surface area (Å²) in [7, 11) is 0. The Morgan fingerprint density at radius 3 is 2.72 bits per heavy atom. The predicted molar refractivity (Wildman–Crippen MR) is 107 cm³/mol. The Labute approximate surface area is 173 Å². The zero-order valence-corrected chi connectivity index (χ0v) is 16.8. The zero-order chi connectivity index (χ0) is 20.5. The van der Waals surface area contributed by atoms with Crippen LogP contribution in [-0.2, 0) is 9.59 Å². The number of hydrogen-bond acceptors (Lipinski definition) is 4. The topological polar surface area (TPSA) is 62.7 Å². The molecule has 0 aliphatic carbocycles. The van der Waals surface area contributed by atoms with E-state index in [1.807, 2.05) is 0 Å². The van der Waals surface area contributed by atoms with Crippen molar-refractivity contribution in [1.29, 1.82) is 0 Å². The van der Waals surface area contributed by atoms with Gasteiger partial charge in [0.1, 0.15) is 12.4 Å². The standard InChI is InChI=1S/C21H21ClFN3O3/c1-13-2-4-25(5-3-13)19(27)11-26-20(28)12-29-18-8-15(10-24-21(18)26)14-6-16(22)9-17(23)7-14/h6-10,13H,2-5,11-12H2,1H3. The largest absolute Gasteiger partial charge is 0.480 e. The number of carbonyl (C=O) groups is 2. The second-order valence-corrected chi connectivity index (χ2v) is 7.97. The highest BCUT2D eigenvalue weighted by molar-refractivity contribution is 6.30. The summed E-state index contributed by atoms with van der Waals surface area (Å²) in [5.41, 5.74) is 1.16. The Kier molecular flexibility index (Phi) is 5.41. The summed E-state index contributed by atoms with van der Waals surface area (Å²) in [6, 6.07) is 5.88. The quantitative estimate of drug-likeness (QED) is 0.766. The minimum atomic E-state index is -0.454. The van der Waals surface area contributed by atoms with Crippen LogP contribution in [0.5, 0.6) is 5.75 Å². The maximum absolute atomic E-state index is 13.7. The number of ether oxygens (including phenoxy) is 1. The van der Waals surface area contributed by atoms with Crippen molar-refractivity contribution in [2.45, 2.75) is 19.8 Å². The van der Waals surface area contributed by atoms with Crippen molar-refractivity contribution < 1.29 is 18.7 Å². The molecule has 29 heavy (non-hydrogen) atoms. The summed E-state index contributed by atoms with van der Waals surface area (Å²) in [4.78, 5) is 32.6. The molecule has 1 aromatic carbocycles. The van der Waals surface area contributed by atoms with E-state index in [1.54, 1.807) is 17.0 Å². The molecule has 8 heteroatoms. The monoisotopic (exact) mass is 417 g/mol. The van der Waals surface area contributed by atoms with Crippen LogP contribution in [0.1, 0.15) is 19.8 Å². The van der Waals surface area contributed by atoms with Gasteiger partial charge in [-0.15, -0.1) is 0 Å². The number of benzene rings is 1. The van der Waals surface area contributed by atoms with Gasteiger partial charge < -0.3 is 9.64 Å². The molecular formula is C21H21ClFN3O3. The smallest absolute Gasteiger partial charge is 0.266 e. The molecule has 0 spiro atoms. The van der Waals surface area contributed by atoms with E-state index < -0.39 is 5.82 Å². The van der Waals surface area contributed by atoms with Crippen molar-refractivity contribution in [2.75, 3.05) is 31.1 Å². The van der Waals surface area contributed by atoms with E-state index in [1.165, 1.54) is 23.2 Å². The number of carbonyl (C=O) groups excluding carboxylic acids is 2. The van der Waals surface area contributed by atoms with Crippen LogP contribution in [0.25, 0.3) is 11.1 Å². The Balaban J connectivity index is 1.57. The molecule has 1 saturated heterocycles. The third-order valence-corrected chi connectivity index (χ3v) is 5.58. The average Bonchev–Trinajstić information content (AvgIpc) is 2.69. The third kappa shape index (κ3) is 4.19. The number of aromatic nitrogens is 1. The van der Waals surface area contributed by atoms with Gasteiger partial charge in [0, 0.05) is 29.9 Å². The Morgan fingerprint density at radius 1 is 1.24 bits per heavy atom. The first-order valence-electron chi connectivity index (χ1n) is 9.58. The predicted octanol–water partition coefficient (Wildman–Crippen LogP) is 3.53. The highest BCUT2D eigenvalue weighted by Crippen LogP contribution is 2.34. The first kappa shape index (κ1) is 19.6. The van der Waals surface area contributed by atoms with Gasteiger partial charge in [0.05, 0.1) is 0 Å². The number of pyridine rings is 1.